The summed E-state index contributed by atoms with van der Waals surface area (Å²) >= 11 is 0. The predicted molar refractivity (Wildman–Crippen MR) is 394 cm³/mol. The molecule has 0 aromatic heterocycles. The summed E-state index contributed by atoms with van der Waals surface area (Å²) in [6.45, 7) is 4.36. The van der Waals surface area contributed by atoms with Crippen molar-refractivity contribution in [2.45, 2.75) is 455 Å². The van der Waals surface area contributed by atoms with E-state index in [2.05, 4.69) is 43.5 Å². The Balaban J connectivity index is 1.84. The topological polar surface area (TPSA) is 175 Å². The molecule has 93 heavy (non-hydrogen) atoms. The van der Waals surface area contributed by atoms with E-state index >= 15 is 0 Å². The number of hydrogen-bond acceptors (Lipinski definition) is 10. The number of hydrogen-bond donors (Lipinski definition) is 6. The van der Waals surface area contributed by atoms with Gasteiger partial charge in [0.15, 0.2) is 6.29 Å². The molecule has 0 spiro atoms. The number of allylic oxidation sites excluding steroid dienone is 5. The number of amides is 1. The van der Waals surface area contributed by atoms with Gasteiger partial charge < -0.3 is 45.1 Å². The van der Waals surface area contributed by atoms with Gasteiger partial charge in [-0.1, -0.05) is 352 Å². The lowest BCUT2D eigenvalue weighted by Crippen LogP contribution is -2.60. The van der Waals surface area contributed by atoms with Gasteiger partial charge in [-0.15, -0.1) is 0 Å². The fraction of sp³-hybridized carbons (Fsp3) is 0.902. The van der Waals surface area contributed by atoms with Crippen molar-refractivity contribution in [3.05, 3.63) is 36.5 Å². The molecule has 548 valence electrons. The SMILES string of the molecule is CCCCCCCC/C=C\CCCCCCCCCCCC(=O)OCCCCCCCCCCCCCCCCCC/C=C\CCCCCCCCCCCCCCCCCCCC(=O)NC(COC1OC(CO)C(O)C(O)C1O)C(O)/C=C/CCCCCCCCC. The maximum Gasteiger partial charge on any atom is 0.305 e. The molecule has 0 radical (unpaired) electrons. The second kappa shape index (κ2) is 71.2. The number of unbranched alkanes of at least 4 members (excludes halogenated alkanes) is 55. The summed E-state index contributed by atoms with van der Waals surface area (Å²) in [5.74, 6) is -0.162. The molecule has 1 heterocycles. The average molecular weight is 1320 g/mol. The monoisotopic (exact) mass is 1310 g/mol. The van der Waals surface area contributed by atoms with Gasteiger partial charge in [-0.3, -0.25) is 9.59 Å². The summed E-state index contributed by atoms with van der Waals surface area (Å²) in [6, 6.07) is -0.805. The molecule has 11 heteroatoms. The molecule has 0 aromatic carbocycles. The summed E-state index contributed by atoms with van der Waals surface area (Å²) < 4.78 is 16.8. The summed E-state index contributed by atoms with van der Waals surface area (Å²) in [7, 11) is 0. The second-order valence-corrected chi connectivity index (χ2v) is 28.5. The number of esters is 1. The summed E-state index contributed by atoms with van der Waals surface area (Å²) in [4.78, 5) is 25.2. The molecule has 6 N–H and O–H groups in total. The van der Waals surface area contributed by atoms with Crippen LogP contribution in [0.15, 0.2) is 36.5 Å². The number of ether oxygens (including phenoxy) is 3. The first kappa shape index (κ1) is 88.9. The van der Waals surface area contributed by atoms with Crippen LogP contribution in [0.25, 0.3) is 0 Å². The number of nitrogens with one attached hydrogen (secondary N) is 1. The standard InChI is InChI=1S/C82H155NO10/c1-3-5-7-9-11-13-14-15-16-17-37-41-44-47-50-54-58-62-66-70-78(87)91-71-67-63-59-55-51-48-45-42-39-36-34-32-30-28-26-24-22-20-18-19-21-23-25-27-29-31-33-35-38-40-43-46-49-53-57-61-65-69-77(86)83-74(75(85)68-64-60-56-52-12-10-8-6-4-2)73-92-82-81(90)80(89)79(88)76(72-84)93-82/h15-16,18,20,64,68,74-76,79-82,84-85,88-90H,3-14,17,19,21-63,65-67,69-73H2,1-2H3,(H,83,86)/b16-15-,20-18-,68-64+. The minimum Gasteiger partial charge on any atom is -0.466 e. The molecule has 1 saturated heterocycles. The predicted octanol–water partition coefficient (Wildman–Crippen LogP) is 22.1. The van der Waals surface area contributed by atoms with E-state index in [4.69, 9.17) is 14.2 Å². The Morgan fingerprint density at radius 1 is 0.387 bits per heavy atom. The molecule has 7 atom stereocenters. The molecular formula is C82H155NO10. The first-order valence-electron chi connectivity index (χ1n) is 40.8. The van der Waals surface area contributed by atoms with Crippen LogP contribution in [0.3, 0.4) is 0 Å². The smallest absolute Gasteiger partial charge is 0.305 e. The zero-order valence-corrected chi connectivity index (χ0v) is 61.2. The Kier molecular flexibility index (Phi) is 68.0. The third-order valence-electron chi connectivity index (χ3n) is 19.5. The summed E-state index contributed by atoms with van der Waals surface area (Å²) in [6.07, 6.45) is 83.5. The van der Waals surface area contributed by atoms with Crippen molar-refractivity contribution in [2.24, 2.45) is 0 Å². The van der Waals surface area contributed by atoms with E-state index in [1.54, 1.807) is 6.08 Å². The number of aliphatic hydroxyl groups excluding tert-OH is 5. The van der Waals surface area contributed by atoms with Gasteiger partial charge in [-0.2, -0.15) is 0 Å². The lowest BCUT2D eigenvalue weighted by molar-refractivity contribution is -0.302. The molecule has 11 nitrogen and oxygen atoms in total. The molecule has 7 unspecified atom stereocenters. The number of rotatable bonds is 73. The second-order valence-electron chi connectivity index (χ2n) is 28.5. The van der Waals surface area contributed by atoms with E-state index in [0.29, 0.717) is 19.4 Å². The van der Waals surface area contributed by atoms with E-state index < -0.39 is 49.5 Å². The van der Waals surface area contributed by atoms with Gasteiger partial charge in [0.25, 0.3) is 0 Å². The maximum atomic E-state index is 13.0. The highest BCUT2D eigenvalue weighted by Gasteiger charge is 2.44. The molecule has 0 bridgehead atoms. The Morgan fingerprint density at radius 2 is 0.688 bits per heavy atom. The molecule has 1 aliphatic heterocycles. The Morgan fingerprint density at radius 3 is 1.03 bits per heavy atom. The largest absolute Gasteiger partial charge is 0.466 e. The van der Waals surface area contributed by atoms with Crippen LogP contribution in [-0.4, -0.2) is 100 Å². The van der Waals surface area contributed by atoms with Gasteiger partial charge >= 0.3 is 5.97 Å². The van der Waals surface area contributed by atoms with Gasteiger partial charge in [0.2, 0.25) is 5.91 Å². The number of carbonyl (C=O) groups is 2. The average Bonchev–Trinajstić information content (AvgIpc) is 0.878. The molecule has 1 aliphatic rings. The van der Waals surface area contributed by atoms with Crippen molar-refractivity contribution in [1.29, 1.82) is 0 Å². The van der Waals surface area contributed by atoms with Gasteiger partial charge in [0, 0.05) is 12.8 Å². The molecule has 0 aliphatic carbocycles. The Bertz CT molecular complexity index is 1640. The van der Waals surface area contributed by atoms with Gasteiger partial charge in [-0.25, -0.2) is 0 Å². The first-order chi connectivity index (χ1) is 45.7. The highest BCUT2D eigenvalue weighted by molar-refractivity contribution is 5.76. The van der Waals surface area contributed by atoms with Crippen molar-refractivity contribution in [1.82, 2.24) is 5.32 Å². The van der Waals surface area contributed by atoms with Gasteiger partial charge in [0.05, 0.1) is 32.0 Å². The fourth-order valence-corrected chi connectivity index (χ4v) is 13.1. The zero-order valence-electron chi connectivity index (χ0n) is 61.2. The van der Waals surface area contributed by atoms with Crippen LogP contribution >= 0.6 is 0 Å². The van der Waals surface area contributed by atoms with E-state index in [9.17, 15) is 35.1 Å². The molecule has 0 aromatic rings. The summed E-state index contributed by atoms with van der Waals surface area (Å²) in [5, 5.41) is 54.4. The van der Waals surface area contributed by atoms with Gasteiger partial charge in [-0.05, 0) is 83.5 Å². The van der Waals surface area contributed by atoms with Crippen LogP contribution in [0.1, 0.15) is 412 Å². The van der Waals surface area contributed by atoms with Crippen molar-refractivity contribution in [3.63, 3.8) is 0 Å². The van der Waals surface area contributed by atoms with Crippen molar-refractivity contribution in [3.8, 4) is 0 Å². The van der Waals surface area contributed by atoms with Crippen LogP contribution in [-0.2, 0) is 23.8 Å². The lowest BCUT2D eigenvalue weighted by atomic mass is 9.99. The zero-order chi connectivity index (χ0) is 67.2. The van der Waals surface area contributed by atoms with Crippen LogP contribution in [0.5, 0.6) is 0 Å². The van der Waals surface area contributed by atoms with Crippen LogP contribution in [0, 0.1) is 0 Å². The van der Waals surface area contributed by atoms with E-state index in [1.807, 2.05) is 6.08 Å². The first-order valence-corrected chi connectivity index (χ1v) is 40.8. The number of aliphatic hydroxyl groups is 5. The highest BCUT2D eigenvalue weighted by Crippen LogP contribution is 2.24. The van der Waals surface area contributed by atoms with Crippen molar-refractivity contribution in [2.75, 3.05) is 19.8 Å². The molecular weight excluding hydrogens is 1160 g/mol. The third-order valence-corrected chi connectivity index (χ3v) is 19.5. The Labute approximate surface area is 574 Å². The fourth-order valence-electron chi connectivity index (χ4n) is 13.1. The minimum atomic E-state index is -1.57. The summed E-state index contributed by atoms with van der Waals surface area (Å²) in [5.41, 5.74) is 0. The quantitative estimate of drug-likeness (QED) is 0.0195. The van der Waals surface area contributed by atoms with E-state index in [0.717, 1.165) is 57.8 Å². The normalized spacial score (nSPS) is 17.6. The third kappa shape index (κ3) is 59.6. The minimum absolute atomic E-state index is 0.0155. The van der Waals surface area contributed by atoms with Crippen LogP contribution in [0.4, 0.5) is 0 Å². The van der Waals surface area contributed by atoms with E-state index in [-0.39, 0.29) is 18.5 Å². The molecule has 0 saturated carbocycles. The molecule has 1 rings (SSSR count). The number of carbonyl (C=O) groups excluding carboxylic acids is 2. The Hall–Kier alpha value is -2.12. The maximum absolute atomic E-state index is 13.0. The van der Waals surface area contributed by atoms with E-state index in [1.165, 1.54) is 327 Å². The van der Waals surface area contributed by atoms with Crippen LogP contribution in [0.2, 0.25) is 0 Å². The van der Waals surface area contributed by atoms with Crippen molar-refractivity contribution >= 4 is 11.9 Å². The molecule has 1 amide bonds. The van der Waals surface area contributed by atoms with Crippen molar-refractivity contribution < 1.29 is 49.3 Å². The molecule has 1 fully saturated rings. The van der Waals surface area contributed by atoms with Gasteiger partial charge in [0.1, 0.15) is 24.4 Å². The highest BCUT2D eigenvalue weighted by atomic mass is 16.7. The van der Waals surface area contributed by atoms with Crippen LogP contribution < -0.4 is 5.32 Å². The lowest BCUT2D eigenvalue weighted by Gasteiger charge is -2.40.